The molecule has 2 rings (SSSR count). The Hall–Kier alpha value is -1.34. The van der Waals surface area contributed by atoms with Crippen molar-refractivity contribution >= 4 is 15.7 Å². The lowest BCUT2D eigenvalue weighted by Crippen LogP contribution is -2.48. The molecule has 1 aromatic rings. The van der Waals surface area contributed by atoms with E-state index in [1.54, 1.807) is 6.26 Å². The third kappa shape index (κ3) is 4.31. The molecular weight excluding hydrogens is 292 g/mol. The summed E-state index contributed by atoms with van der Waals surface area (Å²) in [6.07, 6.45) is 2.11. The van der Waals surface area contributed by atoms with Gasteiger partial charge in [-0.3, -0.25) is 9.69 Å². The number of carbonyl (C=O) groups excluding carboxylic acids is 1. The zero-order chi connectivity index (χ0) is 15.5. The van der Waals surface area contributed by atoms with Crippen LogP contribution in [-0.4, -0.2) is 49.4 Å². The highest BCUT2D eigenvalue weighted by atomic mass is 32.2. The third-order valence-electron chi connectivity index (χ3n) is 3.85. The van der Waals surface area contributed by atoms with Gasteiger partial charge in [0.15, 0.2) is 9.84 Å². The molecule has 21 heavy (non-hydrogen) atoms. The highest BCUT2D eigenvalue weighted by Crippen LogP contribution is 2.13. The molecule has 0 aromatic carbocycles. The largest absolute Gasteiger partial charge is 0.468 e. The summed E-state index contributed by atoms with van der Waals surface area (Å²) in [5, 5.41) is 2.84. The summed E-state index contributed by atoms with van der Waals surface area (Å²) in [5.74, 6) is 0.886. The lowest BCUT2D eigenvalue weighted by molar-refractivity contribution is -0.126. The van der Waals surface area contributed by atoms with Crippen molar-refractivity contribution in [1.29, 1.82) is 0 Å². The molecule has 0 unspecified atom stereocenters. The summed E-state index contributed by atoms with van der Waals surface area (Å²) < 4.78 is 28.1. The van der Waals surface area contributed by atoms with Crippen molar-refractivity contribution in [3.05, 3.63) is 24.2 Å². The average Bonchev–Trinajstić information content (AvgIpc) is 3.04. The van der Waals surface area contributed by atoms with Gasteiger partial charge < -0.3 is 9.73 Å². The standard InChI is InChI=1S/C14H22N2O4S/c1-3-16(9-13-5-4-7-20-13)11(2)14(17)15-12-6-8-21(18,19)10-12/h4-5,7,11-12H,3,6,8-10H2,1-2H3,(H,15,17)/t11-,12-/m1/s1. The summed E-state index contributed by atoms with van der Waals surface area (Å²) in [7, 11) is -2.98. The average molecular weight is 314 g/mol. The van der Waals surface area contributed by atoms with Crippen LogP contribution in [-0.2, 0) is 21.2 Å². The minimum absolute atomic E-state index is 0.0514. The number of amides is 1. The van der Waals surface area contributed by atoms with Gasteiger partial charge in [-0.05, 0) is 32.0 Å². The molecule has 1 fully saturated rings. The van der Waals surface area contributed by atoms with E-state index in [1.807, 2.05) is 30.9 Å². The number of rotatable bonds is 6. The third-order valence-corrected chi connectivity index (χ3v) is 5.62. The lowest BCUT2D eigenvalue weighted by Gasteiger charge is -2.27. The maximum Gasteiger partial charge on any atom is 0.237 e. The van der Waals surface area contributed by atoms with Crippen LogP contribution in [0.4, 0.5) is 0 Å². The number of carbonyl (C=O) groups is 1. The minimum Gasteiger partial charge on any atom is -0.468 e. The summed E-state index contributed by atoms with van der Waals surface area (Å²) >= 11 is 0. The van der Waals surface area contributed by atoms with Crippen LogP contribution in [0.5, 0.6) is 0 Å². The number of furan rings is 1. The fraction of sp³-hybridized carbons (Fsp3) is 0.643. The minimum atomic E-state index is -2.98. The second kappa shape index (κ2) is 6.62. The Morgan fingerprint density at radius 3 is 2.86 bits per heavy atom. The highest BCUT2D eigenvalue weighted by molar-refractivity contribution is 7.91. The molecule has 0 spiro atoms. The van der Waals surface area contributed by atoms with E-state index in [4.69, 9.17) is 4.42 Å². The van der Waals surface area contributed by atoms with E-state index in [1.165, 1.54) is 0 Å². The first-order chi connectivity index (χ1) is 9.91. The molecule has 2 atom stereocenters. The van der Waals surface area contributed by atoms with Crippen molar-refractivity contribution in [2.75, 3.05) is 18.1 Å². The Balaban J connectivity index is 1.91. The first-order valence-electron chi connectivity index (χ1n) is 7.18. The zero-order valence-electron chi connectivity index (χ0n) is 12.4. The van der Waals surface area contributed by atoms with Crippen LogP contribution >= 0.6 is 0 Å². The van der Waals surface area contributed by atoms with E-state index in [0.29, 0.717) is 19.5 Å². The first kappa shape index (κ1) is 16.0. The second-order valence-electron chi connectivity index (χ2n) is 5.43. The van der Waals surface area contributed by atoms with Crippen LogP contribution in [0.1, 0.15) is 26.0 Å². The Labute approximate surface area is 125 Å². The van der Waals surface area contributed by atoms with E-state index >= 15 is 0 Å². The molecule has 1 N–H and O–H groups in total. The molecule has 1 aliphatic heterocycles. The van der Waals surface area contributed by atoms with Crippen molar-refractivity contribution < 1.29 is 17.6 Å². The van der Waals surface area contributed by atoms with Gasteiger partial charge in [-0.1, -0.05) is 6.92 Å². The predicted molar refractivity (Wildman–Crippen MR) is 79.5 cm³/mol. The van der Waals surface area contributed by atoms with Gasteiger partial charge >= 0.3 is 0 Å². The van der Waals surface area contributed by atoms with Gasteiger partial charge in [0.05, 0.1) is 30.4 Å². The molecule has 2 heterocycles. The van der Waals surface area contributed by atoms with Gasteiger partial charge in [-0.15, -0.1) is 0 Å². The number of likely N-dealkylation sites (N-methyl/N-ethyl adjacent to an activating group) is 1. The van der Waals surface area contributed by atoms with E-state index in [9.17, 15) is 13.2 Å². The maximum atomic E-state index is 12.3. The Kier molecular flexibility index (Phi) is 5.05. The number of hydrogen-bond donors (Lipinski definition) is 1. The summed E-state index contributed by atoms with van der Waals surface area (Å²) in [6, 6.07) is 3.10. The molecule has 0 radical (unpaired) electrons. The van der Waals surface area contributed by atoms with Crippen LogP contribution in [0.2, 0.25) is 0 Å². The summed E-state index contributed by atoms with van der Waals surface area (Å²) in [4.78, 5) is 14.2. The number of nitrogens with one attached hydrogen (secondary N) is 1. The number of hydrogen-bond acceptors (Lipinski definition) is 5. The fourth-order valence-corrected chi connectivity index (χ4v) is 4.20. The van der Waals surface area contributed by atoms with E-state index in [0.717, 1.165) is 5.76 Å². The van der Waals surface area contributed by atoms with Gasteiger partial charge in [0.25, 0.3) is 0 Å². The van der Waals surface area contributed by atoms with Crippen LogP contribution in [0.3, 0.4) is 0 Å². The van der Waals surface area contributed by atoms with E-state index in [2.05, 4.69) is 5.32 Å². The van der Waals surface area contributed by atoms with Crippen molar-refractivity contribution in [2.24, 2.45) is 0 Å². The van der Waals surface area contributed by atoms with Crippen molar-refractivity contribution in [3.63, 3.8) is 0 Å². The topological polar surface area (TPSA) is 79.6 Å². The van der Waals surface area contributed by atoms with Gasteiger partial charge in [-0.2, -0.15) is 0 Å². The van der Waals surface area contributed by atoms with Gasteiger partial charge in [0.2, 0.25) is 5.91 Å². The molecule has 1 aliphatic rings. The van der Waals surface area contributed by atoms with Crippen molar-refractivity contribution in [1.82, 2.24) is 10.2 Å². The van der Waals surface area contributed by atoms with Crippen LogP contribution < -0.4 is 5.32 Å². The molecule has 7 heteroatoms. The lowest BCUT2D eigenvalue weighted by atomic mass is 10.2. The number of nitrogens with zero attached hydrogens (tertiary/aromatic N) is 1. The maximum absolute atomic E-state index is 12.3. The molecule has 6 nitrogen and oxygen atoms in total. The molecule has 0 saturated carbocycles. The zero-order valence-corrected chi connectivity index (χ0v) is 13.2. The molecule has 1 amide bonds. The van der Waals surface area contributed by atoms with Gasteiger partial charge in [-0.25, -0.2) is 8.42 Å². The van der Waals surface area contributed by atoms with Crippen molar-refractivity contribution in [3.8, 4) is 0 Å². The molecule has 1 aromatic heterocycles. The van der Waals surface area contributed by atoms with Crippen LogP contribution in [0.25, 0.3) is 0 Å². The van der Waals surface area contributed by atoms with Crippen LogP contribution in [0, 0.1) is 0 Å². The van der Waals surface area contributed by atoms with Gasteiger partial charge in [0.1, 0.15) is 5.76 Å². The Morgan fingerprint density at radius 1 is 1.57 bits per heavy atom. The Bertz CT molecular complexity index is 568. The molecule has 0 bridgehead atoms. The van der Waals surface area contributed by atoms with Gasteiger partial charge in [0, 0.05) is 6.04 Å². The smallest absolute Gasteiger partial charge is 0.237 e. The quantitative estimate of drug-likeness (QED) is 0.840. The van der Waals surface area contributed by atoms with E-state index in [-0.39, 0.29) is 29.5 Å². The monoisotopic (exact) mass is 314 g/mol. The molecular formula is C14H22N2O4S. The highest BCUT2D eigenvalue weighted by Gasteiger charge is 2.31. The summed E-state index contributed by atoms with van der Waals surface area (Å²) in [5.41, 5.74) is 0. The molecule has 118 valence electrons. The summed E-state index contributed by atoms with van der Waals surface area (Å²) in [6.45, 7) is 5.07. The van der Waals surface area contributed by atoms with E-state index < -0.39 is 9.84 Å². The SMILES string of the molecule is CCN(Cc1ccco1)[C@H](C)C(=O)N[C@@H]1CCS(=O)(=O)C1. The Morgan fingerprint density at radius 2 is 2.33 bits per heavy atom. The predicted octanol–water partition coefficient (Wildman–Crippen LogP) is 0.793. The normalized spacial score (nSPS) is 22.3. The first-order valence-corrected chi connectivity index (χ1v) is 9.00. The second-order valence-corrected chi connectivity index (χ2v) is 7.66. The fourth-order valence-electron chi connectivity index (χ4n) is 2.52. The molecule has 0 aliphatic carbocycles. The molecule has 1 saturated heterocycles. The van der Waals surface area contributed by atoms with Crippen molar-refractivity contribution in [2.45, 2.75) is 38.9 Å². The van der Waals surface area contributed by atoms with Crippen LogP contribution in [0.15, 0.2) is 22.8 Å². The number of sulfone groups is 1.